The molecule has 25 heavy (non-hydrogen) atoms. The van der Waals surface area contributed by atoms with E-state index in [9.17, 15) is 4.79 Å². The number of carbonyl (C=O) groups excluding carboxylic acids is 1. The molecule has 7 nitrogen and oxygen atoms in total. The van der Waals surface area contributed by atoms with E-state index in [1.165, 1.54) is 5.56 Å². The number of hydrogen-bond donors (Lipinski definition) is 2. The van der Waals surface area contributed by atoms with Gasteiger partial charge in [0.2, 0.25) is 5.95 Å². The van der Waals surface area contributed by atoms with Crippen LogP contribution in [0.5, 0.6) is 5.75 Å². The molecule has 0 aliphatic carbocycles. The number of fused-ring (bicyclic) bond motifs is 1. The first-order valence-electron chi connectivity index (χ1n) is 8.10. The monoisotopic (exact) mass is 335 g/mol. The van der Waals surface area contributed by atoms with Crippen molar-refractivity contribution in [3.05, 3.63) is 53.7 Å². The highest BCUT2D eigenvalue weighted by atomic mass is 16.5. The van der Waals surface area contributed by atoms with Gasteiger partial charge in [-0.15, -0.1) is 5.10 Å². The Hall–Kier alpha value is -3.22. The Morgan fingerprint density at radius 3 is 3.08 bits per heavy atom. The number of amides is 1. The predicted octanol–water partition coefficient (Wildman–Crippen LogP) is 2.51. The van der Waals surface area contributed by atoms with Gasteiger partial charge in [0.15, 0.2) is 11.9 Å². The summed E-state index contributed by atoms with van der Waals surface area (Å²) >= 11 is 0. The highest BCUT2D eigenvalue weighted by Gasteiger charge is 2.27. The number of pyridine rings is 1. The minimum absolute atomic E-state index is 0.212. The van der Waals surface area contributed by atoms with E-state index >= 15 is 0 Å². The van der Waals surface area contributed by atoms with E-state index in [0.717, 1.165) is 17.7 Å². The normalized spacial score (nSPS) is 16.0. The first kappa shape index (κ1) is 15.3. The highest BCUT2D eigenvalue weighted by Crippen LogP contribution is 2.28. The molecule has 1 atom stereocenters. The van der Waals surface area contributed by atoms with Crippen LogP contribution in [0, 0.1) is 6.92 Å². The molecule has 1 aliphatic rings. The number of anilines is 1. The average molecular weight is 335 g/mol. The number of carbonyl (C=O) groups is 1. The molecule has 0 fully saturated rings. The van der Waals surface area contributed by atoms with Crippen LogP contribution in [0.4, 0.5) is 5.95 Å². The number of benzene rings is 1. The Bertz CT molecular complexity index is 907. The van der Waals surface area contributed by atoms with Crippen molar-refractivity contribution in [1.82, 2.24) is 20.2 Å². The standard InChI is InChI=1S/C18H17N5O2/c1-11-5-7-14-12(10-11)6-8-15(25-14)17(24)21-18-20-16(22-23-18)13-4-2-3-9-19-13/h2-5,7,9-10,15H,6,8H2,1H3,(H2,20,21,22,23,24). The Labute approximate surface area is 144 Å². The topological polar surface area (TPSA) is 92.8 Å². The molecule has 0 saturated carbocycles. The lowest BCUT2D eigenvalue weighted by atomic mass is 10.00. The summed E-state index contributed by atoms with van der Waals surface area (Å²) in [5.74, 6) is 1.23. The van der Waals surface area contributed by atoms with Gasteiger partial charge in [-0.25, -0.2) is 0 Å². The molecule has 1 aromatic carbocycles. The molecule has 3 heterocycles. The molecule has 3 aromatic rings. The van der Waals surface area contributed by atoms with E-state index in [4.69, 9.17) is 4.74 Å². The predicted molar refractivity (Wildman–Crippen MR) is 92.2 cm³/mol. The first-order chi connectivity index (χ1) is 12.2. The van der Waals surface area contributed by atoms with Gasteiger partial charge >= 0.3 is 0 Å². The second-order valence-corrected chi connectivity index (χ2v) is 5.97. The Kier molecular flexibility index (Phi) is 3.89. The smallest absolute Gasteiger partial charge is 0.267 e. The summed E-state index contributed by atoms with van der Waals surface area (Å²) in [5, 5.41) is 9.49. The molecule has 1 unspecified atom stereocenters. The zero-order chi connectivity index (χ0) is 17.2. The van der Waals surface area contributed by atoms with Crippen LogP contribution < -0.4 is 10.1 Å². The highest BCUT2D eigenvalue weighted by molar-refractivity contribution is 5.93. The van der Waals surface area contributed by atoms with Gasteiger partial charge in [0, 0.05) is 6.20 Å². The summed E-state index contributed by atoms with van der Waals surface area (Å²) in [4.78, 5) is 20.9. The summed E-state index contributed by atoms with van der Waals surface area (Å²) in [7, 11) is 0. The van der Waals surface area contributed by atoms with Crippen molar-refractivity contribution in [2.45, 2.75) is 25.9 Å². The minimum atomic E-state index is -0.549. The van der Waals surface area contributed by atoms with Crippen molar-refractivity contribution in [1.29, 1.82) is 0 Å². The maximum atomic E-state index is 12.4. The molecule has 0 spiro atoms. The Balaban J connectivity index is 1.44. The van der Waals surface area contributed by atoms with Gasteiger partial charge in [0.05, 0.1) is 0 Å². The van der Waals surface area contributed by atoms with Gasteiger partial charge in [0.1, 0.15) is 11.4 Å². The SMILES string of the molecule is Cc1ccc2c(c1)CCC(C(=O)Nc1n[nH]c(-c3ccccn3)n1)O2. The summed E-state index contributed by atoms with van der Waals surface area (Å²) in [6, 6.07) is 11.5. The number of aromatic nitrogens is 4. The molecular weight excluding hydrogens is 318 g/mol. The number of hydrogen-bond acceptors (Lipinski definition) is 5. The van der Waals surface area contributed by atoms with Crippen LogP contribution in [0.25, 0.3) is 11.5 Å². The molecule has 7 heteroatoms. The average Bonchev–Trinajstić information content (AvgIpc) is 3.10. The van der Waals surface area contributed by atoms with E-state index in [-0.39, 0.29) is 11.9 Å². The van der Waals surface area contributed by atoms with Crippen molar-refractivity contribution in [3.8, 4) is 17.3 Å². The minimum Gasteiger partial charge on any atom is -0.480 e. The van der Waals surface area contributed by atoms with Crippen LogP contribution in [-0.2, 0) is 11.2 Å². The van der Waals surface area contributed by atoms with Gasteiger partial charge in [-0.3, -0.25) is 20.2 Å². The van der Waals surface area contributed by atoms with Gasteiger partial charge in [0.25, 0.3) is 5.91 Å². The van der Waals surface area contributed by atoms with E-state index in [1.54, 1.807) is 6.20 Å². The third kappa shape index (κ3) is 3.21. The number of aryl methyl sites for hydroxylation is 2. The number of H-pyrrole nitrogens is 1. The number of nitrogens with one attached hydrogen (secondary N) is 2. The first-order valence-corrected chi connectivity index (χ1v) is 8.10. The van der Waals surface area contributed by atoms with Crippen LogP contribution in [0.1, 0.15) is 17.5 Å². The fraction of sp³-hybridized carbons (Fsp3) is 0.222. The van der Waals surface area contributed by atoms with Gasteiger partial charge in [-0.1, -0.05) is 23.8 Å². The quantitative estimate of drug-likeness (QED) is 0.767. The van der Waals surface area contributed by atoms with Crippen molar-refractivity contribution < 1.29 is 9.53 Å². The summed E-state index contributed by atoms with van der Waals surface area (Å²) < 4.78 is 5.82. The molecule has 4 rings (SSSR count). The number of nitrogens with zero attached hydrogens (tertiary/aromatic N) is 3. The van der Waals surface area contributed by atoms with Crippen molar-refractivity contribution in [2.24, 2.45) is 0 Å². The molecule has 1 aliphatic heterocycles. The van der Waals surface area contributed by atoms with Crippen LogP contribution in [0.3, 0.4) is 0 Å². The van der Waals surface area contributed by atoms with E-state index < -0.39 is 6.10 Å². The fourth-order valence-corrected chi connectivity index (χ4v) is 2.83. The lowest BCUT2D eigenvalue weighted by Crippen LogP contribution is -2.36. The molecule has 0 saturated heterocycles. The third-order valence-electron chi connectivity index (χ3n) is 4.08. The molecule has 126 valence electrons. The van der Waals surface area contributed by atoms with E-state index in [0.29, 0.717) is 17.9 Å². The Morgan fingerprint density at radius 1 is 1.32 bits per heavy atom. The van der Waals surface area contributed by atoms with Gasteiger partial charge < -0.3 is 4.74 Å². The molecular formula is C18H17N5O2. The third-order valence-corrected chi connectivity index (χ3v) is 4.08. The van der Waals surface area contributed by atoms with Gasteiger partial charge in [-0.05, 0) is 43.5 Å². The van der Waals surface area contributed by atoms with Gasteiger partial charge in [-0.2, -0.15) is 4.98 Å². The fourth-order valence-electron chi connectivity index (χ4n) is 2.83. The largest absolute Gasteiger partial charge is 0.480 e. The summed E-state index contributed by atoms with van der Waals surface area (Å²) in [6.45, 7) is 2.04. The van der Waals surface area contributed by atoms with Crippen LogP contribution >= 0.6 is 0 Å². The number of ether oxygens (including phenoxy) is 1. The van der Waals surface area contributed by atoms with Crippen molar-refractivity contribution in [3.63, 3.8) is 0 Å². The Morgan fingerprint density at radius 2 is 2.24 bits per heavy atom. The molecule has 2 aromatic heterocycles. The lowest BCUT2D eigenvalue weighted by Gasteiger charge is -2.25. The lowest BCUT2D eigenvalue weighted by molar-refractivity contribution is -0.123. The molecule has 0 bridgehead atoms. The second kappa shape index (κ2) is 6.35. The second-order valence-electron chi connectivity index (χ2n) is 5.97. The maximum absolute atomic E-state index is 12.4. The van der Waals surface area contributed by atoms with Crippen molar-refractivity contribution >= 4 is 11.9 Å². The van der Waals surface area contributed by atoms with Crippen LogP contribution in [0.2, 0.25) is 0 Å². The zero-order valence-corrected chi connectivity index (χ0v) is 13.7. The summed E-state index contributed by atoms with van der Waals surface area (Å²) in [6.07, 6.45) is 2.56. The zero-order valence-electron chi connectivity index (χ0n) is 13.7. The summed E-state index contributed by atoms with van der Waals surface area (Å²) in [5.41, 5.74) is 2.99. The maximum Gasteiger partial charge on any atom is 0.267 e. The molecule has 1 amide bonds. The van der Waals surface area contributed by atoms with Crippen LogP contribution in [0.15, 0.2) is 42.6 Å². The van der Waals surface area contributed by atoms with Crippen molar-refractivity contribution in [2.75, 3.05) is 5.32 Å². The molecule has 2 N–H and O–H groups in total. The molecule has 0 radical (unpaired) electrons. The number of rotatable bonds is 3. The van der Waals surface area contributed by atoms with E-state index in [2.05, 4.69) is 31.5 Å². The van der Waals surface area contributed by atoms with Crippen LogP contribution in [-0.4, -0.2) is 32.2 Å². The number of aromatic amines is 1. The van der Waals surface area contributed by atoms with E-state index in [1.807, 2.05) is 37.3 Å².